The van der Waals surface area contributed by atoms with Gasteiger partial charge in [0.1, 0.15) is 5.56 Å². The van der Waals surface area contributed by atoms with E-state index in [4.69, 9.17) is 0 Å². The highest BCUT2D eigenvalue weighted by Crippen LogP contribution is 2.15. The Kier molecular flexibility index (Phi) is 5.63. The first-order chi connectivity index (χ1) is 12.6. The standard InChI is InChI=1S/C20H25N5O/c1-4-24(5-2)13-16-11-21-19-18(12-22-25(19)14-16)20(26)23-15(3)17-9-7-6-8-10-17/h6-12,14-15H,4-5,13H2,1-3H3,(H,23,26)/t15-/m1/s1. The Bertz CT molecular complexity index is 870. The molecule has 0 spiro atoms. The molecule has 0 fully saturated rings. The summed E-state index contributed by atoms with van der Waals surface area (Å²) in [5.41, 5.74) is 3.20. The first kappa shape index (κ1) is 18.1. The van der Waals surface area contributed by atoms with E-state index in [1.165, 1.54) is 0 Å². The number of nitrogens with zero attached hydrogens (tertiary/aromatic N) is 4. The Labute approximate surface area is 153 Å². The number of carbonyl (C=O) groups is 1. The summed E-state index contributed by atoms with van der Waals surface area (Å²) in [7, 11) is 0. The minimum Gasteiger partial charge on any atom is -0.345 e. The number of hydrogen-bond acceptors (Lipinski definition) is 4. The molecular formula is C20H25N5O. The topological polar surface area (TPSA) is 62.5 Å². The fraction of sp³-hybridized carbons (Fsp3) is 0.350. The highest BCUT2D eigenvalue weighted by Gasteiger charge is 2.17. The van der Waals surface area contributed by atoms with E-state index in [0.29, 0.717) is 11.2 Å². The van der Waals surface area contributed by atoms with Gasteiger partial charge in [-0.3, -0.25) is 9.69 Å². The quantitative estimate of drug-likeness (QED) is 0.711. The van der Waals surface area contributed by atoms with Gasteiger partial charge < -0.3 is 5.32 Å². The summed E-state index contributed by atoms with van der Waals surface area (Å²) < 4.78 is 1.68. The van der Waals surface area contributed by atoms with Crippen LogP contribution in [0.4, 0.5) is 0 Å². The van der Waals surface area contributed by atoms with Gasteiger partial charge in [-0.15, -0.1) is 0 Å². The monoisotopic (exact) mass is 351 g/mol. The lowest BCUT2D eigenvalue weighted by Gasteiger charge is -2.17. The largest absolute Gasteiger partial charge is 0.345 e. The van der Waals surface area contributed by atoms with Crippen molar-refractivity contribution >= 4 is 11.6 Å². The Morgan fingerprint density at radius 3 is 2.62 bits per heavy atom. The summed E-state index contributed by atoms with van der Waals surface area (Å²) in [6.07, 6.45) is 5.35. The highest BCUT2D eigenvalue weighted by atomic mass is 16.1. The van der Waals surface area contributed by atoms with Crippen LogP contribution in [0, 0.1) is 0 Å². The molecule has 0 saturated heterocycles. The predicted molar refractivity (Wildman–Crippen MR) is 102 cm³/mol. The summed E-state index contributed by atoms with van der Waals surface area (Å²) in [6.45, 7) is 9.04. The first-order valence-corrected chi connectivity index (χ1v) is 9.02. The van der Waals surface area contributed by atoms with Gasteiger partial charge in [0.15, 0.2) is 5.65 Å². The second-order valence-corrected chi connectivity index (χ2v) is 6.36. The van der Waals surface area contributed by atoms with Crippen molar-refractivity contribution in [3.05, 3.63) is 65.6 Å². The first-order valence-electron chi connectivity index (χ1n) is 9.02. The normalized spacial score (nSPS) is 12.5. The molecule has 0 aliphatic carbocycles. The summed E-state index contributed by atoms with van der Waals surface area (Å²) >= 11 is 0. The number of benzene rings is 1. The predicted octanol–water partition coefficient (Wildman–Crippen LogP) is 3.06. The second kappa shape index (κ2) is 8.10. The molecule has 2 aromatic heterocycles. The maximum Gasteiger partial charge on any atom is 0.257 e. The number of fused-ring (bicyclic) bond motifs is 1. The lowest BCUT2D eigenvalue weighted by Crippen LogP contribution is -2.26. The van der Waals surface area contributed by atoms with Crippen molar-refractivity contribution in [2.45, 2.75) is 33.4 Å². The number of nitrogens with one attached hydrogen (secondary N) is 1. The summed E-state index contributed by atoms with van der Waals surface area (Å²) in [6, 6.07) is 9.81. The lowest BCUT2D eigenvalue weighted by molar-refractivity contribution is 0.0941. The molecule has 6 heteroatoms. The number of carbonyl (C=O) groups excluding carboxylic acids is 1. The number of amides is 1. The molecule has 0 unspecified atom stereocenters. The van der Waals surface area contributed by atoms with E-state index in [0.717, 1.165) is 30.8 Å². The van der Waals surface area contributed by atoms with E-state index >= 15 is 0 Å². The molecule has 0 saturated carbocycles. The molecule has 0 radical (unpaired) electrons. The van der Waals surface area contributed by atoms with E-state index in [1.54, 1.807) is 10.7 Å². The molecular weight excluding hydrogens is 326 g/mol. The summed E-state index contributed by atoms with van der Waals surface area (Å²) in [5.74, 6) is -0.166. The van der Waals surface area contributed by atoms with E-state index in [9.17, 15) is 4.79 Å². The van der Waals surface area contributed by atoms with E-state index < -0.39 is 0 Å². The van der Waals surface area contributed by atoms with Crippen molar-refractivity contribution in [1.82, 2.24) is 24.8 Å². The molecule has 3 aromatic rings. The number of rotatable bonds is 7. The van der Waals surface area contributed by atoms with E-state index in [-0.39, 0.29) is 11.9 Å². The van der Waals surface area contributed by atoms with Gasteiger partial charge in [0.05, 0.1) is 12.2 Å². The maximum atomic E-state index is 12.6. The lowest BCUT2D eigenvalue weighted by atomic mass is 10.1. The van der Waals surface area contributed by atoms with Gasteiger partial charge in [0, 0.05) is 24.5 Å². The van der Waals surface area contributed by atoms with Gasteiger partial charge in [-0.2, -0.15) is 5.10 Å². The molecule has 1 amide bonds. The molecule has 1 N–H and O–H groups in total. The van der Waals surface area contributed by atoms with Crippen LogP contribution in [0.15, 0.2) is 48.9 Å². The third kappa shape index (κ3) is 3.91. The number of aromatic nitrogens is 3. The minimum atomic E-state index is -0.166. The molecule has 1 aromatic carbocycles. The molecule has 0 bridgehead atoms. The third-order valence-corrected chi connectivity index (χ3v) is 4.60. The van der Waals surface area contributed by atoms with Gasteiger partial charge in [-0.25, -0.2) is 9.50 Å². The molecule has 6 nitrogen and oxygen atoms in total. The van der Waals surface area contributed by atoms with Crippen molar-refractivity contribution in [3.8, 4) is 0 Å². The van der Waals surface area contributed by atoms with Gasteiger partial charge in [-0.05, 0) is 25.6 Å². The molecule has 0 aliphatic rings. The Balaban J connectivity index is 1.77. The fourth-order valence-corrected chi connectivity index (χ4v) is 2.96. The molecule has 1 atom stereocenters. The molecule has 26 heavy (non-hydrogen) atoms. The van der Waals surface area contributed by atoms with Crippen LogP contribution in [0.5, 0.6) is 0 Å². The molecule has 3 rings (SSSR count). The molecule has 0 aliphatic heterocycles. The van der Waals surface area contributed by atoms with Crippen LogP contribution in [0.2, 0.25) is 0 Å². The maximum absolute atomic E-state index is 12.6. The van der Waals surface area contributed by atoms with Crippen LogP contribution in [0.3, 0.4) is 0 Å². The summed E-state index contributed by atoms with van der Waals surface area (Å²) in [5, 5.41) is 7.33. The second-order valence-electron chi connectivity index (χ2n) is 6.36. The zero-order valence-electron chi connectivity index (χ0n) is 15.5. The minimum absolute atomic E-state index is 0.0828. The van der Waals surface area contributed by atoms with Gasteiger partial charge in [-0.1, -0.05) is 44.2 Å². The Hall–Kier alpha value is -2.73. The van der Waals surface area contributed by atoms with E-state index in [2.05, 4.69) is 34.1 Å². The van der Waals surface area contributed by atoms with Crippen molar-refractivity contribution in [3.63, 3.8) is 0 Å². The molecule has 136 valence electrons. The smallest absolute Gasteiger partial charge is 0.257 e. The average Bonchev–Trinajstić information content (AvgIpc) is 3.10. The van der Waals surface area contributed by atoms with Crippen molar-refractivity contribution in [2.75, 3.05) is 13.1 Å². The van der Waals surface area contributed by atoms with Crippen LogP contribution in [0.1, 0.15) is 48.3 Å². The zero-order chi connectivity index (χ0) is 18.5. The number of hydrogen-bond donors (Lipinski definition) is 1. The zero-order valence-corrected chi connectivity index (χ0v) is 15.5. The van der Waals surface area contributed by atoms with Crippen LogP contribution in [-0.4, -0.2) is 38.5 Å². The third-order valence-electron chi connectivity index (χ3n) is 4.60. The summed E-state index contributed by atoms with van der Waals surface area (Å²) in [4.78, 5) is 19.4. The van der Waals surface area contributed by atoms with Crippen molar-refractivity contribution in [1.29, 1.82) is 0 Å². The van der Waals surface area contributed by atoms with Gasteiger partial charge >= 0.3 is 0 Å². The van der Waals surface area contributed by atoms with Gasteiger partial charge in [0.2, 0.25) is 0 Å². The Morgan fingerprint density at radius 2 is 1.92 bits per heavy atom. The van der Waals surface area contributed by atoms with Crippen molar-refractivity contribution in [2.24, 2.45) is 0 Å². The van der Waals surface area contributed by atoms with Crippen LogP contribution in [-0.2, 0) is 6.54 Å². The van der Waals surface area contributed by atoms with E-state index in [1.807, 2.05) is 49.6 Å². The van der Waals surface area contributed by atoms with Gasteiger partial charge in [0.25, 0.3) is 5.91 Å². The highest BCUT2D eigenvalue weighted by molar-refractivity contribution is 5.99. The fourth-order valence-electron chi connectivity index (χ4n) is 2.96. The SMILES string of the molecule is CCN(CC)Cc1cnc2c(C(=O)N[C@H](C)c3ccccc3)cnn2c1. The van der Waals surface area contributed by atoms with Crippen LogP contribution < -0.4 is 5.32 Å². The van der Waals surface area contributed by atoms with Crippen molar-refractivity contribution < 1.29 is 4.79 Å². The van der Waals surface area contributed by atoms with Crippen LogP contribution in [0.25, 0.3) is 5.65 Å². The van der Waals surface area contributed by atoms with Crippen LogP contribution >= 0.6 is 0 Å². The molecule has 2 heterocycles. The average molecular weight is 351 g/mol. The Morgan fingerprint density at radius 1 is 1.19 bits per heavy atom.